The topological polar surface area (TPSA) is 107 Å². The van der Waals surface area contributed by atoms with Gasteiger partial charge in [-0.1, -0.05) is 5.16 Å². The number of hydrogen-bond acceptors (Lipinski definition) is 7. The zero-order chi connectivity index (χ0) is 22.7. The Kier molecular flexibility index (Phi) is 6.16. The van der Waals surface area contributed by atoms with Gasteiger partial charge < -0.3 is 28.6 Å². The van der Waals surface area contributed by atoms with Gasteiger partial charge >= 0.3 is 0 Å². The first-order valence-electron chi connectivity index (χ1n) is 10.3. The predicted octanol–water partition coefficient (Wildman–Crippen LogP) is 3.29. The van der Waals surface area contributed by atoms with Gasteiger partial charge in [-0.25, -0.2) is 0 Å². The Morgan fingerprint density at radius 3 is 2.56 bits per heavy atom. The summed E-state index contributed by atoms with van der Waals surface area (Å²) in [7, 11) is 3.13. The Labute approximate surface area is 185 Å². The van der Waals surface area contributed by atoms with Gasteiger partial charge in [-0.3, -0.25) is 9.59 Å². The third-order valence-electron chi connectivity index (χ3n) is 5.59. The van der Waals surface area contributed by atoms with Gasteiger partial charge in [0, 0.05) is 30.8 Å². The molecule has 0 radical (unpaired) electrons. The Bertz CT molecular complexity index is 1110. The normalized spacial score (nSPS) is 14.3. The number of ether oxygens (including phenoxy) is 2. The molecule has 0 saturated carbocycles. The molecule has 9 heteroatoms. The number of hydrogen-bond donors (Lipinski definition) is 1. The van der Waals surface area contributed by atoms with E-state index in [2.05, 4.69) is 10.5 Å². The number of piperidine rings is 1. The van der Waals surface area contributed by atoms with Crippen molar-refractivity contribution in [3.63, 3.8) is 0 Å². The molecule has 3 aromatic rings. The van der Waals surface area contributed by atoms with E-state index in [1.54, 1.807) is 49.5 Å². The lowest BCUT2D eigenvalue weighted by atomic mass is 10.0. The Morgan fingerprint density at radius 2 is 1.91 bits per heavy atom. The van der Waals surface area contributed by atoms with E-state index in [0.29, 0.717) is 54.5 Å². The Hall–Kier alpha value is -3.75. The number of nitrogens with zero attached hydrogens (tertiary/aromatic N) is 2. The number of nitrogens with one attached hydrogen (secondary N) is 1. The minimum Gasteiger partial charge on any atom is -0.497 e. The van der Waals surface area contributed by atoms with Gasteiger partial charge in [0.1, 0.15) is 11.5 Å². The smallest absolute Gasteiger partial charge is 0.287 e. The zero-order valence-corrected chi connectivity index (χ0v) is 18.2. The SMILES string of the molecule is COc1ccc(OC)c(-c2cc(C(=O)N3CCC(NC(=O)c4occc4C)CC3)no2)c1. The lowest BCUT2D eigenvalue weighted by molar-refractivity contribution is 0.0686. The summed E-state index contributed by atoms with van der Waals surface area (Å²) in [6.45, 7) is 2.84. The summed E-state index contributed by atoms with van der Waals surface area (Å²) >= 11 is 0. The molecule has 9 nitrogen and oxygen atoms in total. The Balaban J connectivity index is 1.39. The zero-order valence-electron chi connectivity index (χ0n) is 18.2. The average Bonchev–Trinajstić information content (AvgIpc) is 3.48. The van der Waals surface area contributed by atoms with Crippen LogP contribution in [-0.2, 0) is 0 Å². The molecule has 0 bridgehead atoms. The van der Waals surface area contributed by atoms with Crippen molar-refractivity contribution in [2.75, 3.05) is 27.3 Å². The molecule has 2 amide bonds. The molecular weight excluding hydrogens is 414 g/mol. The van der Waals surface area contributed by atoms with Crippen molar-refractivity contribution in [1.82, 2.24) is 15.4 Å². The van der Waals surface area contributed by atoms with E-state index in [1.807, 2.05) is 6.92 Å². The number of methoxy groups -OCH3 is 2. The van der Waals surface area contributed by atoms with Crippen LogP contribution in [0, 0.1) is 6.92 Å². The van der Waals surface area contributed by atoms with Gasteiger partial charge in [-0.15, -0.1) is 0 Å². The first-order chi connectivity index (χ1) is 15.5. The second kappa shape index (κ2) is 9.17. The van der Waals surface area contributed by atoms with E-state index in [0.717, 1.165) is 5.56 Å². The van der Waals surface area contributed by atoms with Gasteiger partial charge in [0.2, 0.25) is 0 Å². The molecule has 1 aliphatic rings. The number of aryl methyl sites for hydroxylation is 1. The van der Waals surface area contributed by atoms with Crippen LogP contribution in [0.25, 0.3) is 11.3 Å². The summed E-state index contributed by atoms with van der Waals surface area (Å²) in [6.07, 6.45) is 2.79. The number of amides is 2. The molecular formula is C23H25N3O6. The van der Waals surface area contributed by atoms with Crippen LogP contribution in [0.4, 0.5) is 0 Å². The van der Waals surface area contributed by atoms with Crippen molar-refractivity contribution < 1.29 is 28.0 Å². The number of carbonyl (C=O) groups excluding carboxylic acids is 2. The fourth-order valence-corrected chi connectivity index (χ4v) is 3.75. The monoisotopic (exact) mass is 439 g/mol. The molecule has 1 N–H and O–H groups in total. The molecule has 1 aromatic carbocycles. The lowest BCUT2D eigenvalue weighted by Crippen LogP contribution is -2.46. The fourth-order valence-electron chi connectivity index (χ4n) is 3.75. The Morgan fingerprint density at radius 1 is 1.12 bits per heavy atom. The number of furan rings is 1. The average molecular weight is 439 g/mol. The summed E-state index contributed by atoms with van der Waals surface area (Å²) in [6, 6.07) is 8.64. The van der Waals surface area contributed by atoms with Crippen molar-refractivity contribution in [1.29, 1.82) is 0 Å². The van der Waals surface area contributed by atoms with Crippen LogP contribution in [0.1, 0.15) is 39.4 Å². The van der Waals surface area contributed by atoms with Crippen LogP contribution < -0.4 is 14.8 Å². The highest BCUT2D eigenvalue weighted by Gasteiger charge is 2.28. The minimum atomic E-state index is -0.231. The second-order valence-corrected chi connectivity index (χ2v) is 7.62. The molecule has 168 valence electrons. The number of benzene rings is 1. The summed E-state index contributed by atoms with van der Waals surface area (Å²) in [5.74, 6) is 1.52. The van der Waals surface area contributed by atoms with Crippen molar-refractivity contribution in [3.8, 4) is 22.8 Å². The second-order valence-electron chi connectivity index (χ2n) is 7.62. The molecule has 1 aliphatic heterocycles. The van der Waals surface area contributed by atoms with Gasteiger partial charge in [-0.2, -0.15) is 0 Å². The number of rotatable bonds is 6. The van der Waals surface area contributed by atoms with Gasteiger partial charge in [0.15, 0.2) is 17.2 Å². The van der Waals surface area contributed by atoms with E-state index < -0.39 is 0 Å². The van der Waals surface area contributed by atoms with Crippen LogP contribution in [-0.4, -0.2) is 55.2 Å². The number of aromatic nitrogens is 1. The highest BCUT2D eigenvalue weighted by Crippen LogP contribution is 2.34. The molecule has 0 spiro atoms. The molecule has 4 rings (SSSR count). The van der Waals surface area contributed by atoms with Gasteiger partial charge in [0.05, 0.1) is 26.0 Å². The highest BCUT2D eigenvalue weighted by atomic mass is 16.5. The van der Waals surface area contributed by atoms with Crippen molar-refractivity contribution >= 4 is 11.8 Å². The first-order valence-corrected chi connectivity index (χ1v) is 10.3. The third kappa shape index (κ3) is 4.32. The fraction of sp³-hybridized carbons (Fsp3) is 0.348. The molecule has 0 unspecified atom stereocenters. The van der Waals surface area contributed by atoms with Crippen LogP contribution in [0.2, 0.25) is 0 Å². The maximum atomic E-state index is 12.9. The standard InChI is InChI=1S/C23H25N3O6/c1-14-8-11-31-21(14)22(27)24-15-6-9-26(10-7-15)23(28)18-13-20(32-25-18)17-12-16(29-2)4-5-19(17)30-3/h4-5,8,11-13,15H,6-7,9-10H2,1-3H3,(H,24,27). The largest absolute Gasteiger partial charge is 0.497 e. The molecule has 0 atom stereocenters. The van der Waals surface area contributed by atoms with E-state index in [1.165, 1.54) is 6.26 Å². The molecule has 32 heavy (non-hydrogen) atoms. The van der Waals surface area contributed by atoms with E-state index in [4.69, 9.17) is 18.4 Å². The highest BCUT2D eigenvalue weighted by molar-refractivity contribution is 5.94. The van der Waals surface area contributed by atoms with Crippen LogP contribution in [0.15, 0.2) is 45.5 Å². The summed E-state index contributed by atoms with van der Waals surface area (Å²) < 4.78 is 21.3. The summed E-state index contributed by atoms with van der Waals surface area (Å²) in [5, 5.41) is 6.94. The minimum absolute atomic E-state index is 0.0232. The first kappa shape index (κ1) is 21.5. The van der Waals surface area contributed by atoms with E-state index in [-0.39, 0.29) is 23.6 Å². The van der Waals surface area contributed by atoms with E-state index >= 15 is 0 Å². The summed E-state index contributed by atoms with van der Waals surface area (Å²) in [4.78, 5) is 27.0. The predicted molar refractivity (Wildman–Crippen MR) is 115 cm³/mol. The maximum Gasteiger partial charge on any atom is 0.287 e. The van der Waals surface area contributed by atoms with Gasteiger partial charge in [0.25, 0.3) is 11.8 Å². The van der Waals surface area contributed by atoms with Crippen molar-refractivity contribution in [2.45, 2.75) is 25.8 Å². The van der Waals surface area contributed by atoms with Gasteiger partial charge in [-0.05, 0) is 44.0 Å². The summed E-state index contributed by atoms with van der Waals surface area (Å²) in [5.41, 5.74) is 1.66. The number of carbonyl (C=O) groups is 2. The van der Waals surface area contributed by atoms with Crippen LogP contribution >= 0.6 is 0 Å². The number of likely N-dealkylation sites (tertiary alicyclic amines) is 1. The molecule has 0 aliphatic carbocycles. The van der Waals surface area contributed by atoms with Crippen LogP contribution in [0.5, 0.6) is 11.5 Å². The third-order valence-corrected chi connectivity index (χ3v) is 5.59. The lowest BCUT2D eigenvalue weighted by Gasteiger charge is -2.31. The van der Waals surface area contributed by atoms with Crippen molar-refractivity contribution in [3.05, 3.63) is 53.6 Å². The molecule has 1 saturated heterocycles. The molecule has 3 heterocycles. The quantitative estimate of drug-likeness (QED) is 0.628. The van der Waals surface area contributed by atoms with Crippen LogP contribution in [0.3, 0.4) is 0 Å². The van der Waals surface area contributed by atoms with Crippen molar-refractivity contribution in [2.24, 2.45) is 0 Å². The molecule has 2 aromatic heterocycles. The maximum absolute atomic E-state index is 12.9. The van der Waals surface area contributed by atoms with E-state index in [9.17, 15) is 9.59 Å². The molecule has 1 fully saturated rings.